The van der Waals surface area contributed by atoms with Crippen molar-refractivity contribution in [1.29, 1.82) is 0 Å². The summed E-state index contributed by atoms with van der Waals surface area (Å²) in [5.41, 5.74) is 5.49. The Labute approximate surface area is 210 Å². The molecule has 0 unspecified atom stereocenters. The van der Waals surface area contributed by atoms with Crippen LogP contribution in [-0.4, -0.2) is 28.9 Å². The molecule has 1 heterocycles. The SMILES string of the molecule is Cc1noc(-c2ccc(-c3ccc(CC(=O)O)cc3)cc2)c1NC(=O)OCCc1cccc(Br)c1. The molecule has 1 amide bonds. The van der Waals surface area contributed by atoms with Crippen molar-refractivity contribution in [2.75, 3.05) is 11.9 Å². The zero-order valence-electron chi connectivity index (χ0n) is 19.0. The molecule has 0 spiro atoms. The maximum atomic E-state index is 12.4. The number of carboxylic acids is 1. The van der Waals surface area contributed by atoms with Gasteiger partial charge in [-0.3, -0.25) is 10.1 Å². The van der Waals surface area contributed by atoms with E-state index in [1.807, 2.05) is 60.7 Å². The Morgan fingerprint density at radius 3 is 2.29 bits per heavy atom. The largest absolute Gasteiger partial charge is 0.481 e. The summed E-state index contributed by atoms with van der Waals surface area (Å²) in [6.07, 6.45) is 0.0125. The monoisotopic (exact) mass is 534 g/mol. The summed E-state index contributed by atoms with van der Waals surface area (Å²) >= 11 is 3.43. The Hall–Kier alpha value is -3.91. The van der Waals surface area contributed by atoms with E-state index in [9.17, 15) is 9.59 Å². The molecule has 0 saturated heterocycles. The van der Waals surface area contributed by atoms with Gasteiger partial charge >= 0.3 is 12.1 Å². The van der Waals surface area contributed by atoms with E-state index in [2.05, 4.69) is 26.4 Å². The topological polar surface area (TPSA) is 102 Å². The highest BCUT2D eigenvalue weighted by molar-refractivity contribution is 9.10. The number of aromatic nitrogens is 1. The van der Waals surface area contributed by atoms with Gasteiger partial charge in [-0.05, 0) is 41.3 Å². The summed E-state index contributed by atoms with van der Waals surface area (Å²) in [6, 6.07) is 22.9. The van der Waals surface area contributed by atoms with E-state index in [4.69, 9.17) is 14.4 Å². The summed E-state index contributed by atoms with van der Waals surface area (Å²) < 4.78 is 11.8. The molecular weight excluding hydrogens is 512 g/mol. The number of carbonyl (C=O) groups excluding carboxylic acids is 1. The number of anilines is 1. The van der Waals surface area contributed by atoms with E-state index < -0.39 is 12.1 Å². The lowest BCUT2D eigenvalue weighted by Crippen LogP contribution is -2.16. The highest BCUT2D eigenvalue weighted by Crippen LogP contribution is 2.32. The van der Waals surface area contributed by atoms with Crippen molar-refractivity contribution in [3.05, 3.63) is 94.1 Å². The molecule has 0 aliphatic rings. The van der Waals surface area contributed by atoms with E-state index >= 15 is 0 Å². The summed E-state index contributed by atoms with van der Waals surface area (Å²) in [5, 5.41) is 15.7. The molecule has 0 aliphatic carbocycles. The Morgan fingerprint density at radius 2 is 1.63 bits per heavy atom. The number of aliphatic carboxylic acids is 1. The molecule has 7 nitrogen and oxygen atoms in total. The highest BCUT2D eigenvalue weighted by atomic mass is 79.9. The van der Waals surface area contributed by atoms with Crippen LogP contribution in [0.15, 0.2) is 81.8 Å². The van der Waals surface area contributed by atoms with Gasteiger partial charge in [-0.1, -0.05) is 81.8 Å². The van der Waals surface area contributed by atoms with E-state index in [1.165, 1.54) is 0 Å². The Bertz CT molecular complexity index is 1330. The van der Waals surface area contributed by atoms with Gasteiger partial charge in [0.05, 0.1) is 13.0 Å². The number of nitrogens with zero attached hydrogens (tertiary/aromatic N) is 1. The minimum Gasteiger partial charge on any atom is -0.481 e. The second-order valence-corrected chi connectivity index (χ2v) is 8.87. The fraction of sp³-hybridized carbons (Fsp3) is 0.148. The summed E-state index contributed by atoms with van der Waals surface area (Å²) in [6.45, 7) is 1.99. The average molecular weight is 535 g/mol. The maximum absolute atomic E-state index is 12.4. The number of halogens is 1. The smallest absolute Gasteiger partial charge is 0.411 e. The van der Waals surface area contributed by atoms with Gasteiger partial charge in [-0.2, -0.15) is 0 Å². The van der Waals surface area contributed by atoms with Crippen molar-refractivity contribution < 1.29 is 24.0 Å². The molecule has 35 heavy (non-hydrogen) atoms. The van der Waals surface area contributed by atoms with Crippen molar-refractivity contribution in [3.8, 4) is 22.5 Å². The Kier molecular flexibility index (Phi) is 7.62. The van der Waals surface area contributed by atoms with Crippen LogP contribution in [0.5, 0.6) is 0 Å². The zero-order chi connectivity index (χ0) is 24.8. The number of carbonyl (C=O) groups is 2. The van der Waals surface area contributed by atoms with Gasteiger partial charge in [-0.15, -0.1) is 0 Å². The third kappa shape index (κ3) is 6.36. The molecule has 0 aliphatic heterocycles. The van der Waals surface area contributed by atoms with Gasteiger partial charge in [0.15, 0.2) is 5.76 Å². The summed E-state index contributed by atoms with van der Waals surface area (Å²) in [5.74, 6) is -0.419. The average Bonchev–Trinajstić information content (AvgIpc) is 3.19. The van der Waals surface area contributed by atoms with Crippen molar-refractivity contribution in [1.82, 2.24) is 5.16 Å². The van der Waals surface area contributed by atoms with Crippen molar-refractivity contribution >= 4 is 33.7 Å². The fourth-order valence-electron chi connectivity index (χ4n) is 3.61. The standard InChI is InChI=1S/C27H23BrN2O5/c1-17-25(29-27(33)34-14-13-18-3-2-4-23(28)15-18)26(35-30-17)22-11-9-21(10-12-22)20-7-5-19(6-8-20)16-24(31)32/h2-12,15H,13-14,16H2,1H3,(H,29,33)(H,31,32). The molecule has 0 radical (unpaired) electrons. The predicted octanol–water partition coefficient (Wildman–Crippen LogP) is 6.50. The quantitative estimate of drug-likeness (QED) is 0.267. The molecule has 0 fully saturated rings. The van der Waals surface area contributed by atoms with Gasteiger partial charge in [-0.25, -0.2) is 4.79 Å². The van der Waals surface area contributed by atoms with Crippen LogP contribution in [0.2, 0.25) is 0 Å². The van der Waals surface area contributed by atoms with E-state index in [0.29, 0.717) is 23.6 Å². The Morgan fingerprint density at radius 1 is 0.971 bits per heavy atom. The minimum absolute atomic E-state index is 0.00763. The first-order valence-corrected chi connectivity index (χ1v) is 11.7. The van der Waals surface area contributed by atoms with Crippen LogP contribution in [0.25, 0.3) is 22.5 Å². The Balaban J connectivity index is 1.41. The molecule has 0 bridgehead atoms. The molecule has 3 aromatic carbocycles. The molecule has 0 atom stereocenters. The van der Waals surface area contributed by atoms with Crippen LogP contribution in [0.1, 0.15) is 16.8 Å². The lowest BCUT2D eigenvalue weighted by atomic mass is 10.0. The van der Waals surface area contributed by atoms with Crippen LogP contribution in [0.3, 0.4) is 0 Å². The number of benzene rings is 3. The number of aryl methyl sites for hydroxylation is 1. The minimum atomic E-state index is -0.859. The number of rotatable bonds is 8. The van der Waals surface area contributed by atoms with Gasteiger partial charge in [0, 0.05) is 16.5 Å². The molecule has 4 aromatic rings. The number of hydrogen-bond acceptors (Lipinski definition) is 5. The highest BCUT2D eigenvalue weighted by Gasteiger charge is 2.18. The lowest BCUT2D eigenvalue weighted by molar-refractivity contribution is -0.136. The van der Waals surface area contributed by atoms with Crippen LogP contribution in [0.4, 0.5) is 10.5 Å². The number of ether oxygens (including phenoxy) is 1. The number of hydrogen-bond donors (Lipinski definition) is 2. The lowest BCUT2D eigenvalue weighted by Gasteiger charge is -2.08. The molecule has 1 aromatic heterocycles. The van der Waals surface area contributed by atoms with Gasteiger partial charge in [0.1, 0.15) is 11.4 Å². The third-order valence-corrected chi connectivity index (χ3v) is 5.89. The summed E-state index contributed by atoms with van der Waals surface area (Å²) in [7, 11) is 0. The number of carboxylic acid groups (broad SMARTS) is 1. The van der Waals surface area contributed by atoms with Crippen molar-refractivity contribution in [2.45, 2.75) is 19.8 Å². The van der Waals surface area contributed by atoms with Gasteiger partial charge < -0.3 is 14.4 Å². The maximum Gasteiger partial charge on any atom is 0.411 e. The molecule has 0 saturated carbocycles. The normalized spacial score (nSPS) is 10.7. The van der Waals surface area contributed by atoms with Crippen molar-refractivity contribution in [2.24, 2.45) is 0 Å². The first-order valence-electron chi connectivity index (χ1n) is 10.9. The predicted molar refractivity (Wildman–Crippen MR) is 136 cm³/mol. The van der Waals surface area contributed by atoms with Gasteiger partial charge in [0.25, 0.3) is 0 Å². The van der Waals surface area contributed by atoms with Gasteiger partial charge in [0.2, 0.25) is 0 Å². The van der Waals surface area contributed by atoms with Crippen LogP contribution < -0.4 is 5.32 Å². The zero-order valence-corrected chi connectivity index (χ0v) is 20.5. The summed E-state index contributed by atoms with van der Waals surface area (Å²) in [4.78, 5) is 23.3. The van der Waals surface area contributed by atoms with E-state index in [1.54, 1.807) is 19.1 Å². The molecule has 8 heteroatoms. The van der Waals surface area contributed by atoms with Crippen LogP contribution >= 0.6 is 15.9 Å². The second kappa shape index (κ2) is 11.0. The second-order valence-electron chi connectivity index (χ2n) is 7.96. The van der Waals surface area contributed by atoms with Crippen LogP contribution in [0, 0.1) is 6.92 Å². The number of amides is 1. The van der Waals surface area contributed by atoms with Crippen LogP contribution in [-0.2, 0) is 22.4 Å². The first kappa shape index (κ1) is 24.2. The first-order chi connectivity index (χ1) is 16.9. The molecule has 2 N–H and O–H groups in total. The molecule has 178 valence electrons. The van der Waals surface area contributed by atoms with E-state index in [0.717, 1.165) is 32.3 Å². The van der Waals surface area contributed by atoms with E-state index in [-0.39, 0.29) is 13.0 Å². The molecular formula is C27H23BrN2O5. The fourth-order valence-corrected chi connectivity index (χ4v) is 4.06. The molecule has 4 rings (SSSR count). The third-order valence-electron chi connectivity index (χ3n) is 5.39. The number of nitrogens with one attached hydrogen (secondary N) is 1. The van der Waals surface area contributed by atoms with Crippen molar-refractivity contribution in [3.63, 3.8) is 0 Å².